The van der Waals surface area contributed by atoms with Gasteiger partial charge in [0.2, 0.25) is 0 Å². The number of rotatable bonds is 0. The highest BCUT2D eigenvalue weighted by Gasteiger charge is 2.65. The van der Waals surface area contributed by atoms with E-state index < -0.39 is 0 Å². The average molecular weight is 316 g/mol. The van der Waals surface area contributed by atoms with E-state index in [9.17, 15) is 5.11 Å². The van der Waals surface area contributed by atoms with Crippen molar-refractivity contribution in [1.82, 2.24) is 0 Å². The predicted octanol–water partition coefficient (Wildman–Crippen LogP) is 4.32. The van der Waals surface area contributed by atoms with Gasteiger partial charge in [-0.1, -0.05) is 25.5 Å². The van der Waals surface area contributed by atoms with Crippen molar-refractivity contribution in [2.75, 3.05) is 0 Å². The number of aliphatic hydroxyl groups is 1. The van der Waals surface area contributed by atoms with Crippen LogP contribution in [0.15, 0.2) is 11.6 Å². The Morgan fingerprint density at radius 3 is 2.74 bits per heavy atom. The fraction of sp³-hybridized carbons (Fsp3) is 0.905. The Bertz CT molecular complexity index is 554. The van der Waals surface area contributed by atoms with Gasteiger partial charge in [-0.3, -0.25) is 0 Å². The highest BCUT2D eigenvalue weighted by molar-refractivity contribution is 5.26. The summed E-state index contributed by atoms with van der Waals surface area (Å²) in [4.78, 5) is 0. The van der Waals surface area contributed by atoms with E-state index in [1.165, 1.54) is 38.5 Å². The fourth-order valence-electron chi connectivity index (χ4n) is 7.99. The minimum Gasteiger partial charge on any atom is -0.389 e. The Balaban J connectivity index is 1.49. The molecule has 0 bridgehead atoms. The van der Waals surface area contributed by atoms with Crippen molar-refractivity contribution in [3.63, 3.8) is 0 Å². The zero-order chi connectivity index (χ0) is 16.0. The van der Waals surface area contributed by atoms with Crippen LogP contribution < -0.4 is 0 Å². The molecule has 0 aromatic rings. The predicted molar refractivity (Wildman–Crippen MR) is 90.9 cm³/mol. The molecule has 2 nitrogen and oxygen atoms in total. The molecule has 9 atom stereocenters. The number of allylic oxidation sites excluding steroid dienone is 1. The number of aliphatic hydroxyl groups excluding tert-OH is 1. The Labute approximate surface area is 140 Å². The van der Waals surface area contributed by atoms with Gasteiger partial charge in [0.15, 0.2) is 0 Å². The molecular formula is C21H32O2. The van der Waals surface area contributed by atoms with Crippen molar-refractivity contribution < 1.29 is 9.84 Å². The molecule has 5 aliphatic rings. The van der Waals surface area contributed by atoms with Gasteiger partial charge in [0.05, 0.1) is 18.3 Å². The number of fused-ring (bicyclic) bond motifs is 7. The topological polar surface area (TPSA) is 29.5 Å². The molecule has 3 saturated carbocycles. The summed E-state index contributed by atoms with van der Waals surface area (Å²) in [6.45, 7) is 7.41. The standard InChI is InChI=1S/C21H32O2/c1-12-19-18(23-12)11-17-15-5-4-13-10-14(22)6-8-20(13,2)16(15)7-9-21(17,19)3/h10,12,14-19,22H,4-9,11H2,1-3H3/t12-,14+,15-,16+,17+,18+,19+,20+,21+/m1/s1. The van der Waals surface area contributed by atoms with E-state index in [-0.39, 0.29) is 6.10 Å². The number of hydrogen-bond acceptors (Lipinski definition) is 2. The lowest BCUT2D eigenvalue weighted by Crippen LogP contribution is -2.54. The van der Waals surface area contributed by atoms with Crippen LogP contribution in [-0.2, 0) is 4.74 Å². The van der Waals surface area contributed by atoms with Gasteiger partial charge < -0.3 is 9.84 Å². The molecule has 0 spiro atoms. The Morgan fingerprint density at radius 2 is 1.96 bits per heavy atom. The van der Waals surface area contributed by atoms with Gasteiger partial charge in [-0.15, -0.1) is 0 Å². The third kappa shape index (κ3) is 1.78. The highest BCUT2D eigenvalue weighted by Crippen LogP contribution is 2.69. The van der Waals surface area contributed by atoms with Gasteiger partial charge >= 0.3 is 0 Å². The first-order valence-corrected chi connectivity index (χ1v) is 9.98. The van der Waals surface area contributed by atoms with Gasteiger partial charge in [0, 0.05) is 5.92 Å². The van der Waals surface area contributed by atoms with Crippen LogP contribution in [0, 0.1) is 34.5 Å². The van der Waals surface area contributed by atoms with Crippen LogP contribution in [0.5, 0.6) is 0 Å². The molecule has 0 radical (unpaired) electrons. The van der Waals surface area contributed by atoms with Gasteiger partial charge in [0.25, 0.3) is 0 Å². The maximum atomic E-state index is 10.1. The molecule has 4 aliphatic carbocycles. The monoisotopic (exact) mass is 316 g/mol. The average Bonchev–Trinajstić information content (AvgIpc) is 2.74. The van der Waals surface area contributed by atoms with E-state index in [0.29, 0.717) is 23.0 Å². The number of hydrogen-bond donors (Lipinski definition) is 1. The molecular weight excluding hydrogens is 284 g/mol. The van der Waals surface area contributed by atoms with Gasteiger partial charge in [-0.2, -0.15) is 0 Å². The first kappa shape index (κ1) is 15.0. The molecule has 0 aromatic heterocycles. The van der Waals surface area contributed by atoms with Crippen LogP contribution in [0.3, 0.4) is 0 Å². The second kappa shape index (κ2) is 4.64. The molecule has 2 heteroatoms. The lowest BCUT2D eigenvalue weighted by molar-refractivity contribution is -0.193. The van der Waals surface area contributed by atoms with Crippen LogP contribution >= 0.6 is 0 Å². The van der Waals surface area contributed by atoms with E-state index >= 15 is 0 Å². The summed E-state index contributed by atoms with van der Waals surface area (Å²) in [7, 11) is 0. The Kier molecular flexibility index (Phi) is 3.01. The zero-order valence-electron chi connectivity index (χ0n) is 14.9. The van der Waals surface area contributed by atoms with Crippen molar-refractivity contribution in [3.05, 3.63) is 11.6 Å². The first-order chi connectivity index (χ1) is 10.9. The van der Waals surface area contributed by atoms with Crippen LogP contribution in [0.4, 0.5) is 0 Å². The maximum absolute atomic E-state index is 10.1. The maximum Gasteiger partial charge on any atom is 0.0724 e. The minimum atomic E-state index is -0.181. The summed E-state index contributed by atoms with van der Waals surface area (Å²) in [5.41, 5.74) is 2.50. The Morgan fingerprint density at radius 1 is 1.13 bits per heavy atom. The summed E-state index contributed by atoms with van der Waals surface area (Å²) < 4.78 is 6.10. The summed E-state index contributed by atoms with van der Waals surface area (Å²) >= 11 is 0. The summed E-state index contributed by atoms with van der Waals surface area (Å²) in [5, 5.41) is 10.1. The molecule has 1 saturated heterocycles. The van der Waals surface area contributed by atoms with Crippen molar-refractivity contribution in [3.8, 4) is 0 Å². The lowest BCUT2D eigenvalue weighted by Gasteiger charge is -2.59. The van der Waals surface area contributed by atoms with E-state index in [1.807, 2.05) is 0 Å². The molecule has 5 rings (SSSR count). The van der Waals surface area contributed by atoms with E-state index in [1.54, 1.807) is 5.57 Å². The van der Waals surface area contributed by atoms with Crippen molar-refractivity contribution in [1.29, 1.82) is 0 Å². The van der Waals surface area contributed by atoms with Crippen LogP contribution in [0.25, 0.3) is 0 Å². The summed E-state index contributed by atoms with van der Waals surface area (Å²) in [5.74, 6) is 3.45. The summed E-state index contributed by atoms with van der Waals surface area (Å²) in [6.07, 6.45) is 12.0. The summed E-state index contributed by atoms with van der Waals surface area (Å²) in [6, 6.07) is 0. The molecule has 128 valence electrons. The van der Waals surface area contributed by atoms with Crippen molar-refractivity contribution >= 4 is 0 Å². The number of ether oxygens (including phenoxy) is 1. The Hall–Kier alpha value is -0.340. The van der Waals surface area contributed by atoms with Crippen molar-refractivity contribution in [2.24, 2.45) is 34.5 Å². The molecule has 0 unspecified atom stereocenters. The molecule has 23 heavy (non-hydrogen) atoms. The van der Waals surface area contributed by atoms with Crippen LogP contribution in [0.2, 0.25) is 0 Å². The van der Waals surface area contributed by atoms with Gasteiger partial charge in [-0.05, 0) is 80.5 Å². The van der Waals surface area contributed by atoms with Gasteiger partial charge in [-0.25, -0.2) is 0 Å². The highest BCUT2D eigenvalue weighted by atomic mass is 16.5. The first-order valence-electron chi connectivity index (χ1n) is 9.98. The quantitative estimate of drug-likeness (QED) is 0.674. The second-order valence-corrected chi connectivity index (χ2v) is 9.82. The smallest absolute Gasteiger partial charge is 0.0724 e. The molecule has 4 fully saturated rings. The fourth-order valence-corrected chi connectivity index (χ4v) is 7.99. The normalized spacial score (nSPS) is 60.7. The molecule has 1 N–H and O–H groups in total. The molecule has 1 aliphatic heterocycles. The second-order valence-electron chi connectivity index (χ2n) is 9.82. The van der Waals surface area contributed by atoms with Crippen molar-refractivity contribution in [2.45, 2.75) is 84.0 Å². The minimum absolute atomic E-state index is 0.181. The molecule has 0 aromatic carbocycles. The SMILES string of the molecule is C[C@H]1O[C@H]2C[C@H]3[C@@H]4CCC5=C[C@@H](O)CC[C@]5(C)[C@H]4CC[C@]3(C)[C@H]21. The van der Waals surface area contributed by atoms with Crippen LogP contribution in [-0.4, -0.2) is 23.4 Å². The lowest BCUT2D eigenvalue weighted by atomic mass is 9.46. The van der Waals surface area contributed by atoms with E-state index in [4.69, 9.17) is 4.74 Å². The van der Waals surface area contributed by atoms with E-state index in [2.05, 4.69) is 26.8 Å². The third-order valence-electron chi connectivity index (χ3n) is 9.07. The molecule has 0 amide bonds. The molecule has 1 heterocycles. The third-order valence-corrected chi connectivity index (χ3v) is 9.07. The van der Waals surface area contributed by atoms with E-state index in [0.717, 1.165) is 30.1 Å². The van der Waals surface area contributed by atoms with Crippen LogP contribution in [0.1, 0.15) is 65.7 Å². The van der Waals surface area contributed by atoms with Gasteiger partial charge in [0.1, 0.15) is 0 Å². The largest absolute Gasteiger partial charge is 0.389 e. The zero-order valence-corrected chi connectivity index (χ0v) is 14.9.